The Labute approximate surface area is 144 Å². The average Bonchev–Trinajstić information content (AvgIpc) is 2.46. The van der Waals surface area contributed by atoms with Crippen molar-refractivity contribution >= 4 is 30.0 Å². The Balaban J connectivity index is 0.00000484. The van der Waals surface area contributed by atoms with Crippen LogP contribution in [0, 0.1) is 0 Å². The first kappa shape index (κ1) is 21.4. The van der Waals surface area contributed by atoms with Crippen LogP contribution in [-0.2, 0) is 9.59 Å². The molecule has 0 bridgehead atoms. The first-order chi connectivity index (χ1) is 10.5. The number of halogens is 1. The molecule has 6 heteroatoms. The fourth-order valence-electron chi connectivity index (χ4n) is 2.26. The number of hydrogen-bond acceptors (Lipinski definition) is 3. The molecule has 1 atom stereocenters. The van der Waals surface area contributed by atoms with Crippen LogP contribution in [0.1, 0.15) is 45.1 Å². The molecule has 0 heterocycles. The highest BCUT2D eigenvalue weighted by molar-refractivity contribution is 5.92. The quantitative estimate of drug-likeness (QED) is 0.722. The molecule has 130 valence electrons. The zero-order valence-corrected chi connectivity index (χ0v) is 14.9. The Kier molecular flexibility index (Phi) is 10.3. The first-order valence-electron chi connectivity index (χ1n) is 7.80. The van der Waals surface area contributed by atoms with Crippen molar-refractivity contribution in [2.75, 3.05) is 25.0 Å². The minimum atomic E-state index is -0.917. The highest BCUT2D eigenvalue weighted by Crippen LogP contribution is 2.20. The van der Waals surface area contributed by atoms with Gasteiger partial charge in [-0.2, -0.15) is 0 Å². The fourth-order valence-corrected chi connectivity index (χ4v) is 2.26. The third-order valence-electron chi connectivity index (χ3n) is 3.64. The van der Waals surface area contributed by atoms with E-state index in [1.807, 2.05) is 31.2 Å². The SMILES string of the molecule is CCCN(CC(=O)O)CC(=O)Nc1ccc(C(C)CC)cc1.Cl. The van der Waals surface area contributed by atoms with Crippen molar-refractivity contribution in [1.82, 2.24) is 4.90 Å². The zero-order valence-electron chi connectivity index (χ0n) is 14.0. The van der Waals surface area contributed by atoms with Crippen LogP contribution in [0.5, 0.6) is 0 Å². The minimum Gasteiger partial charge on any atom is -0.480 e. The van der Waals surface area contributed by atoms with Gasteiger partial charge in [-0.15, -0.1) is 12.4 Å². The van der Waals surface area contributed by atoms with Gasteiger partial charge in [0.1, 0.15) is 0 Å². The van der Waals surface area contributed by atoms with Crippen LogP contribution in [0.2, 0.25) is 0 Å². The van der Waals surface area contributed by atoms with E-state index in [0.717, 1.165) is 18.5 Å². The number of carbonyl (C=O) groups excluding carboxylic acids is 1. The van der Waals surface area contributed by atoms with Crippen molar-refractivity contribution in [3.05, 3.63) is 29.8 Å². The molecule has 0 saturated heterocycles. The standard InChI is InChI=1S/C17H26N2O3.ClH/c1-4-10-19(12-17(21)22)11-16(20)18-15-8-6-14(7-9-15)13(3)5-2;/h6-9,13H,4-5,10-12H2,1-3H3,(H,18,20)(H,21,22);1H. The van der Waals surface area contributed by atoms with Crippen molar-refractivity contribution in [2.45, 2.75) is 39.5 Å². The fraction of sp³-hybridized carbons (Fsp3) is 0.529. The second-order valence-corrected chi connectivity index (χ2v) is 5.58. The van der Waals surface area contributed by atoms with E-state index >= 15 is 0 Å². The molecule has 5 nitrogen and oxygen atoms in total. The van der Waals surface area contributed by atoms with Gasteiger partial charge in [-0.05, 0) is 43.0 Å². The topological polar surface area (TPSA) is 69.6 Å². The third-order valence-corrected chi connectivity index (χ3v) is 3.64. The van der Waals surface area contributed by atoms with Crippen LogP contribution in [-0.4, -0.2) is 41.5 Å². The molecule has 1 aromatic rings. The van der Waals surface area contributed by atoms with E-state index in [0.29, 0.717) is 12.5 Å². The van der Waals surface area contributed by atoms with Gasteiger partial charge < -0.3 is 10.4 Å². The Morgan fingerprint density at radius 2 is 1.78 bits per heavy atom. The molecule has 1 amide bonds. The summed E-state index contributed by atoms with van der Waals surface area (Å²) in [5.41, 5.74) is 1.99. The molecule has 1 aromatic carbocycles. The molecule has 1 rings (SSSR count). The molecule has 0 aliphatic carbocycles. The molecule has 23 heavy (non-hydrogen) atoms. The number of aliphatic carboxylic acids is 1. The summed E-state index contributed by atoms with van der Waals surface area (Å²) in [6, 6.07) is 7.82. The van der Waals surface area contributed by atoms with E-state index in [1.54, 1.807) is 4.90 Å². The Hall–Kier alpha value is -1.59. The van der Waals surface area contributed by atoms with E-state index in [1.165, 1.54) is 5.56 Å². The molecule has 0 fully saturated rings. The molecule has 2 N–H and O–H groups in total. The van der Waals surface area contributed by atoms with Crippen molar-refractivity contribution in [2.24, 2.45) is 0 Å². The van der Waals surface area contributed by atoms with Gasteiger partial charge in [0.2, 0.25) is 5.91 Å². The van der Waals surface area contributed by atoms with Gasteiger partial charge in [0, 0.05) is 5.69 Å². The van der Waals surface area contributed by atoms with Gasteiger partial charge >= 0.3 is 5.97 Å². The molecule has 0 aliphatic heterocycles. The number of benzene rings is 1. The van der Waals surface area contributed by atoms with Crippen molar-refractivity contribution in [3.63, 3.8) is 0 Å². The third kappa shape index (κ3) is 8.00. The molecule has 0 spiro atoms. The predicted octanol–water partition coefficient (Wildman–Crippen LogP) is 3.36. The number of nitrogens with zero attached hydrogens (tertiary/aromatic N) is 1. The molecule has 0 aliphatic rings. The molecular formula is C17H27ClN2O3. The summed E-state index contributed by atoms with van der Waals surface area (Å²) in [6.45, 7) is 6.84. The smallest absolute Gasteiger partial charge is 0.317 e. The number of hydrogen-bond donors (Lipinski definition) is 2. The largest absolute Gasteiger partial charge is 0.480 e. The Morgan fingerprint density at radius 3 is 2.26 bits per heavy atom. The molecule has 1 unspecified atom stereocenters. The number of carbonyl (C=O) groups is 2. The molecule has 0 aromatic heterocycles. The summed E-state index contributed by atoms with van der Waals surface area (Å²) in [4.78, 5) is 24.4. The number of rotatable bonds is 9. The summed E-state index contributed by atoms with van der Waals surface area (Å²) < 4.78 is 0. The van der Waals surface area contributed by atoms with Gasteiger partial charge in [0.05, 0.1) is 13.1 Å². The maximum Gasteiger partial charge on any atom is 0.317 e. The van der Waals surface area contributed by atoms with Gasteiger partial charge in [0.15, 0.2) is 0 Å². The normalized spacial score (nSPS) is 11.7. The number of amides is 1. The van der Waals surface area contributed by atoms with E-state index in [4.69, 9.17) is 5.11 Å². The molecular weight excluding hydrogens is 316 g/mol. The van der Waals surface area contributed by atoms with Crippen LogP contribution in [0.25, 0.3) is 0 Å². The molecule has 0 radical (unpaired) electrons. The summed E-state index contributed by atoms with van der Waals surface area (Å²) in [6.07, 6.45) is 1.89. The Morgan fingerprint density at radius 1 is 1.17 bits per heavy atom. The van der Waals surface area contributed by atoms with E-state index in [-0.39, 0.29) is 31.4 Å². The van der Waals surface area contributed by atoms with Gasteiger partial charge in [0.25, 0.3) is 0 Å². The van der Waals surface area contributed by atoms with E-state index < -0.39 is 5.97 Å². The maximum absolute atomic E-state index is 12.0. The predicted molar refractivity (Wildman–Crippen MR) is 95.4 cm³/mol. The van der Waals surface area contributed by atoms with Crippen LogP contribution in [0.3, 0.4) is 0 Å². The highest BCUT2D eigenvalue weighted by atomic mass is 35.5. The van der Waals surface area contributed by atoms with Crippen LogP contribution in [0.15, 0.2) is 24.3 Å². The second kappa shape index (κ2) is 11.0. The monoisotopic (exact) mass is 342 g/mol. The number of carboxylic acids is 1. The van der Waals surface area contributed by atoms with Crippen molar-refractivity contribution in [3.8, 4) is 0 Å². The summed E-state index contributed by atoms with van der Waals surface area (Å²) >= 11 is 0. The first-order valence-corrected chi connectivity index (χ1v) is 7.80. The van der Waals surface area contributed by atoms with Gasteiger partial charge in [-0.3, -0.25) is 14.5 Å². The summed E-state index contributed by atoms with van der Waals surface area (Å²) in [5.74, 6) is -0.606. The highest BCUT2D eigenvalue weighted by Gasteiger charge is 2.13. The lowest BCUT2D eigenvalue weighted by atomic mass is 9.99. The van der Waals surface area contributed by atoms with Crippen LogP contribution in [0.4, 0.5) is 5.69 Å². The molecule has 0 saturated carbocycles. The second-order valence-electron chi connectivity index (χ2n) is 5.58. The minimum absolute atomic E-state index is 0. The van der Waals surface area contributed by atoms with Gasteiger partial charge in [-0.25, -0.2) is 0 Å². The number of carboxylic acid groups (broad SMARTS) is 1. The van der Waals surface area contributed by atoms with E-state index in [9.17, 15) is 9.59 Å². The van der Waals surface area contributed by atoms with Crippen molar-refractivity contribution in [1.29, 1.82) is 0 Å². The number of nitrogens with one attached hydrogen (secondary N) is 1. The summed E-state index contributed by atoms with van der Waals surface area (Å²) in [5, 5.41) is 11.7. The van der Waals surface area contributed by atoms with E-state index in [2.05, 4.69) is 19.2 Å². The maximum atomic E-state index is 12.0. The average molecular weight is 343 g/mol. The van der Waals surface area contributed by atoms with Crippen LogP contribution < -0.4 is 5.32 Å². The lowest BCUT2D eigenvalue weighted by Gasteiger charge is -2.19. The van der Waals surface area contributed by atoms with Gasteiger partial charge in [-0.1, -0.05) is 32.9 Å². The van der Waals surface area contributed by atoms with Crippen molar-refractivity contribution < 1.29 is 14.7 Å². The summed E-state index contributed by atoms with van der Waals surface area (Å²) in [7, 11) is 0. The Bertz CT molecular complexity index is 491. The number of anilines is 1. The lowest BCUT2D eigenvalue weighted by Crippen LogP contribution is -2.37. The lowest BCUT2D eigenvalue weighted by molar-refractivity contribution is -0.138. The zero-order chi connectivity index (χ0) is 16.5. The van der Waals surface area contributed by atoms with Crippen LogP contribution >= 0.6 is 12.4 Å².